The summed E-state index contributed by atoms with van der Waals surface area (Å²) in [6, 6.07) is 25.1. The van der Waals surface area contributed by atoms with Gasteiger partial charge in [0.2, 0.25) is 0 Å². The standard InChI is InChI=1S/C37H49NO5/c1-3-4-5-6-7-8-9-14-30-19-21-31(22-20-30)42-28-27-41-26-25-40-24-23-38(2)37(39)43-29-36-34-17-12-10-15-32(34)33-16-11-13-18-35(33)36/h10-13,15-22,36H,3-9,14,23-29H2,1-2H3. The van der Waals surface area contributed by atoms with Crippen molar-refractivity contribution in [1.29, 1.82) is 0 Å². The smallest absolute Gasteiger partial charge is 0.409 e. The molecule has 4 rings (SSSR count). The van der Waals surface area contributed by atoms with Crippen molar-refractivity contribution in [2.45, 2.75) is 64.2 Å². The zero-order chi connectivity index (χ0) is 30.1. The molecule has 6 heteroatoms. The van der Waals surface area contributed by atoms with Crippen LogP contribution in [0.25, 0.3) is 11.1 Å². The van der Waals surface area contributed by atoms with Gasteiger partial charge in [0.25, 0.3) is 0 Å². The number of rotatable bonds is 20. The van der Waals surface area contributed by atoms with Gasteiger partial charge in [-0.2, -0.15) is 0 Å². The first kappa shape index (κ1) is 32.6. The number of hydrogen-bond donors (Lipinski definition) is 0. The molecular weight excluding hydrogens is 538 g/mol. The molecule has 0 atom stereocenters. The molecule has 0 aromatic heterocycles. The zero-order valence-corrected chi connectivity index (χ0v) is 26.1. The molecule has 1 aliphatic rings. The van der Waals surface area contributed by atoms with Gasteiger partial charge in [-0.05, 0) is 52.8 Å². The Kier molecular flexibility index (Phi) is 13.9. The molecule has 0 saturated carbocycles. The average molecular weight is 588 g/mol. The Morgan fingerprint density at radius 1 is 0.698 bits per heavy atom. The molecule has 0 saturated heterocycles. The fourth-order valence-corrected chi connectivity index (χ4v) is 5.58. The van der Waals surface area contributed by atoms with Gasteiger partial charge in [-0.3, -0.25) is 0 Å². The van der Waals surface area contributed by atoms with Crippen molar-refractivity contribution in [3.05, 3.63) is 89.5 Å². The zero-order valence-electron chi connectivity index (χ0n) is 26.1. The van der Waals surface area contributed by atoms with E-state index in [2.05, 4.69) is 43.3 Å². The van der Waals surface area contributed by atoms with Crippen LogP contribution in [-0.2, 0) is 20.6 Å². The van der Waals surface area contributed by atoms with Gasteiger partial charge in [-0.25, -0.2) is 4.79 Å². The molecule has 0 aliphatic heterocycles. The summed E-state index contributed by atoms with van der Waals surface area (Å²) < 4.78 is 22.8. The van der Waals surface area contributed by atoms with E-state index >= 15 is 0 Å². The molecule has 1 aliphatic carbocycles. The van der Waals surface area contributed by atoms with E-state index in [4.69, 9.17) is 18.9 Å². The molecule has 0 bridgehead atoms. The van der Waals surface area contributed by atoms with Gasteiger partial charge >= 0.3 is 6.09 Å². The molecule has 3 aromatic rings. The van der Waals surface area contributed by atoms with Crippen LogP contribution in [0, 0.1) is 0 Å². The lowest BCUT2D eigenvalue weighted by Gasteiger charge is -2.19. The van der Waals surface area contributed by atoms with Crippen molar-refractivity contribution < 1.29 is 23.7 Å². The highest BCUT2D eigenvalue weighted by Crippen LogP contribution is 2.44. The van der Waals surface area contributed by atoms with Crippen LogP contribution in [0.15, 0.2) is 72.8 Å². The molecule has 232 valence electrons. The number of likely N-dealkylation sites (N-methyl/N-ethyl adjacent to an activating group) is 1. The highest BCUT2D eigenvalue weighted by molar-refractivity contribution is 5.79. The Bertz CT molecular complexity index is 1180. The summed E-state index contributed by atoms with van der Waals surface area (Å²) in [6.45, 7) is 5.40. The van der Waals surface area contributed by atoms with Crippen molar-refractivity contribution in [2.75, 3.05) is 53.2 Å². The highest BCUT2D eigenvalue weighted by atomic mass is 16.6. The molecule has 0 unspecified atom stereocenters. The average Bonchev–Trinajstić information content (AvgIpc) is 3.36. The SMILES string of the molecule is CCCCCCCCCc1ccc(OCCOCCOCCN(C)C(=O)OCC2c3ccccc3-c3ccccc32)cc1. The molecule has 43 heavy (non-hydrogen) atoms. The Balaban J connectivity index is 1.00. The summed E-state index contributed by atoms with van der Waals surface area (Å²) >= 11 is 0. The first-order valence-electron chi connectivity index (χ1n) is 16.1. The minimum atomic E-state index is -0.343. The van der Waals surface area contributed by atoms with E-state index in [1.165, 1.54) is 72.8 Å². The van der Waals surface area contributed by atoms with E-state index in [9.17, 15) is 4.79 Å². The predicted octanol–water partition coefficient (Wildman–Crippen LogP) is 8.27. The number of aryl methyl sites for hydroxylation is 1. The van der Waals surface area contributed by atoms with Gasteiger partial charge in [0.15, 0.2) is 0 Å². The Labute approximate surface area is 258 Å². The molecule has 6 nitrogen and oxygen atoms in total. The summed E-state index contributed by atoms with van der Waals surface area (Å²) in [5.41, 5.74) is 6.23. The number of unbranched alkanes of at least 4 members (excludes halogenated alkanes) is 6. The van der Waals surface area contributed by atoms with Crippen LogP contribution in [0.4, 0.5) is 4.79 Å². The number of ether oxygens (including phenoxy) is 4. The fraction of sp³-hybridized carbons (Fsp3) is 0.486. The second kappa shape index (κ2) is 18.3. The number of nitrogens with zero attached hydrogens (tertiary/aromatic N) is 1. The first-order chi connectivity index (χ1) is 21.2. The van der Waals surface area contributed by atoms with E-state index in [0.717, 1.165) is 12.2 Å². The van der Waals surface area contributed by atoms with E-state index in [0.29, 0.717) is 46.2 Å². The highest BCUT2D eigenvalue weighted by Gasteiger charge is 2.29. The van der Waals surface area contributed by atoms with Crippen LogP contribution < -0.4 is 4.74 Å². The van der Waals surface area contributed by atoms with Crippen molar-refractivity contribution in [2.24, 2.45) is 0 Å². The van der Waals surface area contributed by atoms with E-state index in [1.807, 2.05) is 36.4 Å². The van der Waals surface area contributed by atoms with Crippen LogP contribution in [0.5, 0.6) is 5.75 Å². The van der Waals surface area contributed by atoms with Crippen molar-refractivity contribution in [1.82, 2.24) is 4.90 Å². The number of fused-ring (bicyclic) bond motifs is 3. The lowest BCUT2D eigenvalue weighted by molar-refractivity contribution is 0.0294. The quantitative estimate of drug-likeness (QED) is 0.125. The maximum absolute atomic E-state index is 12.6. The van der Waals surface area contributed by atoms with E-state index in [1.54, 1.807) is 11.9 Å². The van der Waals surface area contributed by atoms with Gasteiger partial charge in [0.05, 0.1) is 26.4 Å². The summed E-state index contributed by atoms with van der Waals surface area (Å²) in [7, 11) is 1.73. The Hall–Kier alpha value is -3.35. The van der Waals surface area contributed by atoms with E-state index in [-0.39, 0.29) is 12.0 Å². The maximum Gasteiger partial charge on any atom is 0.409 e. The van der Waals surface area contributed by atoms with Crippen molar-refractivity contribution in [3.8, 4) is 16.9 Å². The molecule has 0 radical (unpaired) electrons. The maximum atomic E-state index is 12.6. The monoisotopic (exact) mass is 587 g/mol. The summed E-state index contributed by atoms with van der Waals surface area (Å²) in [4.78, 5) is 14.2. The number of carbonyl (C=O) groups excluding carboxylic acids is 1. The van der Waals surface area contributed by atoms with Crippen LogP contribution in [-0.4, -0.2) is 64.2 Å². The van der Waals surface area contributed by atoms with Gasteiger partial charge < -0.3 is 23.8 Å². The lowest BCUT2D eigenvalue weighted by Crippen LogP contribution is -2.32. The minimum Gasteiger partial charge on any atom is -0.491 e. The van der Waals surface area contributed by atoms with Gasteiger partial charge in [0, 0.05) is 19.5 Å². The Morgan fingerprint density at radius 3 is 1.95 bits per heavy atom. The molecular formula is C37H49NO5. The van der Waals surface area contributed by atoms with Gasteiger partial charge in [0.1, 0.15) is 19.0 Å². The van der Waals surface area contributed by atoms with Crippen LogP contribution in [0.1, 0.15) is 74.5 Å². The second-order valence-corrected chi connectivity index (χ2v) is 11.3. The van der Waals surface area contributed by atoms with Crippen molar-refractivity contribution >= 4 is 6.09 Å². The molecule has 0 fully saturated rings. The third-order valence-corrected chi connectivity index (χ3v) is 8.08. The number of amides is 1. The normalized spacial score (nSPS) is 12.1. The van der Waals surface area contributed by atoms with Gasteiger partial charge in [-0.15, -0.1) is 0 Å². The van der Waals surface area contributed by atoms with Crippen LogP contribution in [0.2, 0.25) is 0 Å². The second-order valence-electron chi connectivity index (χ2n) is 11.3. The van der Waals surface area contributed by atoms with Crippen LogP contribution >= 0.6 is 0 Å². The van der Waals surface area contributed by atoms with Gasteiger partial charge in [-0.1, -0.05) is 106 Å². The van der Waals surface area contributed by atoms with Crippen LogP contribution in [0.3, 0.4) is 0 Å². The molecule has 0 N–H and O–H groups in total. The Morgan fingerprint density at radius 2 is 1.28 bits per heavy atom. The third kappa shape index (κ3) is 10.4. The summed E-state index contributed by atoms with van der Waals surface area (Å²) in [5.74, 6) is 0.931. The number of benzene rings is 3. The topological polar surface area (TPSA) is 57.2 Å². The van der Waals surface area contributed by atoms with Crippen molar-refractivity contribution in [3.63, 3.8) is 0 Å². The molecule has 1 amide bonds. The molecule has 0 spiro atoms. The fourth-order valence-electron chi connectivity index (χ4n) is 5.58. The summed E-state index contributed by atoms with van der Waals surface area (Å²) in [5, 5.41) is 0. The number of hydrogen-bond acceptors (Lipinski definition) is 5. The third-order valence-electron chi connectivity index (χ3n) is 8.08. The molecule has 3 aromatic carbocycles. The predicted molar refractivity (Wildman–Crippen MR) is 173 cm³/mol. The molecule has 0 heterocycles. The summed E-state index contributed by atoms with van der Waals surface area (Å²) in [6.07, 6.45) is 10.1. The number of carbonyl (C=O) groups is 1. The first-order valence-corrected chi connectivity index (χ1v) is 16.1. The largest absolute Gasteiger partial charge is 0.491 e. The lowest BCUT2D eigenvalue weighted by atomic mass is 9.98. The van der Waals surface area contributed by atoms with E-state index < -0.39 is 0 Å². The minimum absolute atomic E-state index is 0.0567.